The van der Waals surface area contributed by atoms with Gasteiger partial charge in [0, 0.05) is 42.3 Å². The Morgan fingerprint density at radius 2 is 1.82 bits per heavy atom. The van der Waals surface area contributed by atoms with Gasteiger partial charge in [-0.15, -0.1) is 12.4 Å². The molecule has 0 fully saturated rings. The molecule has 3 heterocycles. The lowest BCUT2D eigenvalue weighted by Gasteiger charge is -2.13. The molecule has 4 rings (SSSR count). The molecule has 0 aliphatic heterocycles. The standard InChI is InChI=1S/C25H25N5O3.ClH/c1-16-9-18(12-26-11-16)17-5-7-21(19-13-28-30(2)15-19)22(10-17)24(31)27-14-20-6-8-23(32-3)25(29-20)33-4;/h5-13,15H,14H2,1-4H3,(H,27,31);1H. The number of nitrogens with zero attached hydrogens (tertiary/aromatic N) is 4. The van der Waals surface area contributed by atoms with Crippen molar-refractivity contribution in [3.8, 4) is 33.9 Å². The second-order valence-electron chi connectivity index (χ2n) is 7.61. The summed E-state index contributed by atoms with van der Waals surface area (Å²) in [5.41, 5.74) is 5.77. The Hall–Kier alpha value is -3.91. The van der Waals surface area contributed by atoms with Crippen molar-refractivity contribution in [2.24, 2.45) is 7.05 Å². The number of pyridine rings is 2. The van der Waals surface area contributed by atoms with Gasteiger partial charge in [-0.2, -0.15) is 5.10 Å². The number of ether oxygens (including phenoxy) is 2. The predicted molar refractivity (Wildman–Crippen MR) is 132 cm³/mol. The van der Waals surface area contributed by atoms with Crippen LogP contribution in [0, 0.1) is 6.92 Å². The minimum absolute atomic E-state index is 0. The minimum Gasteiger partial charge on any atom is -0.491 e. The van der Waals surface area contributed by atoms with E-state index in [0.29, 0.717) is 22.9 Å². The van der Waals surface area contributed by atoms with Gasteiger partial charge in [0.1, 0.15) is 0 Å². The highest BCUT2D eigenvalue weighted by Crippen LogP contribution is 2.29. The van der Waals surface area contributed by atoms with Gasteiger partial charge in [-0.1, -0.05) is 12.1 Å². The van der Waals surface area contributed by atoms with Crippen LogP contribution in [-0.4, -0.2) is 39.9 Å². The van der Waals surface area contributed by atoms with Gasteiger partial charge in [0.2, 0.25) is 0 Å². The fourth-order valence-corrected chi connectivity index (χ4v) is 3.57. The SMILES string of the molecule is COc1ccc(CNC(=O)c2cc(-c3cncc(C)c3)ccc2-c2cnn(C)c2)nc1OC.Cl. The van der Waals surface area contributed by atoms with Gasteiger partial charge in [-0.25, -0.2) is 4.98 Å². The van der Waals surface area contributed by atoms with Crippen LogP contribution in [0.2, 0.25) is 0 Å². The normalized spacial score (nSPS) is 10.4. The van der Waals surface area contributed by atoms with Crippen LogP contribution in [0.4, 0.5) is 0 Å². The first-order valence-electron chi connectivity index (χ1n) is 10.4. The molecule has 8 nitrogen and oxygen atoms in total. The third kappa shape index (κ3) is 5.35. The fraction of sp³-hybridized carbons (Fsp3) is 0.200. The number of carbonyl (C=O) groups is 1. The summed E-state index contributed by atoms with van der Waals surface area (Å²) in [5, 5.41) is 7.22. The van der Waals surface area contributed by atoms with E-state index in [-0.39, 0.29) is 24.9 Å². The topological polar surface area (TPSA) is 91.2 Å². The number of benzene rings is 1. The highest BCUT2D eigenvalue weighted by Gasteiger charge is 2.16. The molecule has 176 valence electrons. The molecule has 0 saturated heterocycles. The van der Waals surface area contributed by atoms with Crippen molar-refractivity contribution in [3.63, 3.8) is 0 Å². The Labute approximate surface area is 204 Å². The van der Waals surface area contributed by atoms with E-state index in [0.717, 1.165) is 27.8 Å². The lowest BCUT2D eigenvalue weighted by atomic mass is 9.96. The average Bonchev–Trinajstić information content (AvgIpc) is 3.28. The molecule has 1 N–H and O–H groups in total. The van der Waals surface area contributed by atoms with E-state index in [4.69, 9.17) is 9.47 Å². The van der Waals surface area contributed by atoms with Crippen molar-refractivity contribution in [2.75, 3.05) is 14.2 Å². The van der Waals surface area contributed by atoms with Crippen LogP contribution >= 0.6 is 12.4 Å². The van der Waals surface area contributed by atoms with Crippen molar-refractivity contribution >= 4 is 18.3 Å². The van der Waals surface area contributed by atoms with Crippen LogP contribution in [0.5, 0.6) is 11.6 Å². The molecule has 1 aromatic carbocycles. The monoisotopic (exact) mass is 479 g/mol. The zero-order valence-electron chi connectivity index (χ0n) is 19.4. The Morgan fingerprint density at radius 1 is 1.00 bits per heavy atom. The highest BCUT2D eigenvalue weighted by molar-refractivity contribution is 6.02. The van der Waals surface area contributed by atoms with Crippen molar-refractivity contribution < 1.29 is 14.3 Å². The van der Waals surface area contributed by atoms with Crippen LogP contribution in [0.1, 0.15) is 21.6 Å². The number of aryl methyl sites for hydroxylation is 2. The zero-order valence-corrected chi connectivity index (χ0v) is 20.2. The molecule has 4 aromatic rings. The fourth-order valence-electron chi connectivity index (χ4n) is 3.57. The smallest absolute Gasteiger partial charge is 0.257 e. The second kappa shape index (κ2) is 10.8. The number of amides is 1. The van der Waals surface area contributed by atoms with Crippen LogP contribution < -0.4 is 14.8 Å². The van der Waals surface area contributed by atoms with Gasteiger partial charge in [-0.3, -0.25) is 14.5 Å². The highest BCUT2D eigenvalue weighted by atomic mass is 35.5. The first-order valence-corrected chi connectivity index (χ1v) is 10.4. The maximum Gasteiger partial charge on any atom is 0.257 e. The third-order valence-corrected chi connectivity index (χ3v) is 5.21. The van der Waals surface area contributed by atoms with Crippen LogP contribution in [0.15, 0.2) is 61.2 Å². The summed E-state index contributed by atoms with van der Waals surface area (Å²) in [7, 11) is 4.93. The molecule has 9 heteroatoms. The molecule has 1 amide bonds. The van der Waals surface area contributed by atoms with Crippen molar-refractivity contribution in [2.45, 2.75) is 13.5 Å². The lowest BCUT2D eigenvalue weighted by molar-refractivity contribution is 0.0951. The summed E-state index contributed by atoms with van der Waals surface area (Å²) in [6, 6.07) is 11.4. The van der Waals surface area contributed by atoms with Gasteiger partial charge in [-0.05, 0) is 47.9 Å². The van der Waals surface area contributed by atoms with Gasteiger partial charge >= 0.3 is 0 Å². The number of rotatable bonds is 7. The summed E-state index contributed by atoms with van der Waals surface area (Å²) >= 11 is 0. The van der Waals surface area contributed by atoms with Gasteiger partial charge in [0.25, 0.3) is 11.8 Å². The number of carbonyl (C=O) groups excluding carboxylic acids is 1. The number of aromatic nitrogens is 4. The third-order valence-electron chi connectivity index (χ3n) is 5.21. The van der Waals surface area contributed by atoms with Crippen molar-refractivity contribution in [1.82, 2.24) is 25.1 Å². The van der Waals surface area contributed by atoms with Crippen molar-refractivity contribution in [1.29, 1.82) is 0 Å². The van der Waals surface area contributed by atoms with E-state index in [2.05, 4.69) is 20.4 Å². The summed E-state index contributed by atoms with van der Waals surface area (Å²) < 4.78 is 12.2. The molecule has 0 saturated carbocycles. The summed E-state index contributed by atoms with van der Waals surface area (Å²) in [5.74, 6) is 0.688. The van der Waals surface area contributed by atoms with E-state index < -0.39 is 0 Å². The molecular formula is C25H26ClN5O3. The molecule has 0 spiro atoms. The predicted octanol–water partition coefficient (Wildman–Crippen LogP) is 4.22. The van der Waals surface area contributed by atoms with Crippen molar-refractivity contribution in [3.05, 3.63) is 78.0 Å². The van der Waals surface area contributed by atoms with E-state index in [9.17, 15) is 4.79 Å². The van der Waals surface area contributed by atoms with Gasteiger partial charge < -0.3 is 14.8 Å². The molecule has 3 aromatic heterocycles. The molecular weight excluding hydrogens is 454 g/mol. The van der Waals surface area contributed by atoms with Gasteiger partial charge in [0.05, 0.1) is 32.7 Å². The number of hydrogen-bond acceptors (Lipinski definition) is 6. The largest absolute Gasteiger partial charge is 0.491 e. The van der Waals surface area contributed by atoms with E-state index in [1.54, 1.807) is 42.5 Å². The Balaban J connectivity index is 0.00000324. The molecule has 34 heavy (non-hydrogen) atoms. The van der Waals surface area contributed by atoms with E-state index in [1.807, 2.05) is 44.4 Å². The summed E-state index contributed by atoms with van der Waals surface area (Å²) in [6.07, 6.45) is 7.23. The molecule has 0 aliphatic rings. The number of methoxy groups -OCH3 is 2. The maximum atomic E-state index is 13.3. The zero-order chi connectivity index (χ0) is 23.4. The lowest BCUT2D eigenvalue weighted by Crippen LogP contribution is -2.24. The quantitative estimate of drug-likeness (QED) is 0.426. The number of nitrogens with one attached hydrogen (secondary N) is 1. The first-order chi connectivity index (χ1) is 16.0. The Bertz CT molecular complexity index is 1310. The Morgan fingerprint density at radius 3 is 2.50 bits per heavy atom. The molecule has 0 radical (unpaired) electrons. The molecule has 0 aliphatic carbocycles. The first kappa shape index (κ1) is 24.7. The van der Waals surface area contributed by atoms with Crippen LogP contribution in [-0.2, 0) is 13.6 Å². The van der Waals surface area contributed by atoms with E-state index in [1.165, 1.54) is 7.11 Å². The average molecular weight is 480 g/mol. The van der Waals surface area contributed by atoms with Gasteiger partial charge in [0.15, 0.2) is 5.75 Å². The number of halogens is 1. The maximum absolute atomic E-state index is 13.3. The number of hydrogen-bond donors (Lipinski definition) is 1. The van der Waals surface area contributed by atoms with Crippen LogP contribution in [0.25, 0.3) is 22.3 Å². The second-order valence-corrected chi connectivity index (χ2v) is 7.61. The summed E-state index contributed by atoms with van der Waals surface area (Å²) in [4.78, 5) is 22.0. The van der Waals surface area contributed by atoms with Crippen LogP contribution in [0.3, 0.4) is 0 Å². The molecule has 0 atom stereocenters. The Kier molecular flexibility index (Phi) is 7.86. The molecule has 0 bridgehead atoms. The minimum atomic E-state index is -0.215. The summed E-state index contributed by atoms with van der Waals surface area (Å²) in [6.45, 7) is 2.23. The molecule has 0 unspecified atom stereocenters. The van der Waals surface area contributed by atoms with E-state index >= 15 is 0 Å².